The van der Waals surface area contributed by atoms with Crippen molar-refractivity contribution < 1.29 is 37.0 Å². The van der Waals surface area contributed by atoms with Gasteiger partial charge in [-0.05, 0) is 49.9 Å². The smallest absolute Gasteiger partial charge is 0.267 e. The molecule has 0 bridgehead atoms. The number of carbonyl (C=O) groups excluding carboxylic acids is 3. The number of fused-ring (bicyclic) bond motifs is 3. The maximum Gasteiger partial charge on any atom is 0.267 e. The second-order valence-electron chi connectivity index (χ2n) is 14.0. The molecule has 54 heavy (non-hydrogen) atoms. The van der Waals surface area contributed by atoms with Crippen molar-refractivity contribution >= 4 is 38.6 Å². The Morgan fingerprint density at radius 1 is 1.00 bits per heavy atom. The second kappa shape index (κ2) is 15.5. The number of hydrogen-bond donors (Lipinski definition) is 2. The molecule has 12 nitrogen and oxygen atoms in total. The van der Waals surface area contributed by atoms with Crippen molar-refractivity contribution in [1.82, 2.24) is 19.9 Å². The number of ether oxygens (including phenoxy) is 3. The zero-order valence-corrected chi connectivity index (χ0v) is 31.1. The number of pyridine rings is 1. The molecule has 4 atom stereocenters. The predicted octanol–water partition coefficient (Wildman–Crippen LogP) is 5.56. The first-order valence-electron chi connectivity index (χ1n) is 18.3. The SMILES string of the molecule is COc1ccc2c(O[C@@H]3C[C@@H](C(=O)N[C@]45C[C@H]4C=CCCCCCCOc4ccccc4S(=O)(=O)NC5=O)N(C(C)=O)C3)cc(-c3ccccc3)nc2c1. The summed E-state index contributed by atoms with van der Waals surface area (Å²) < 4.78 is 47.3. The number of para-hydroxylation sites is 1. The summed E-state index contributed by atoms with van der Waals surface area (Å²) in [7, 11) is -2.78. The van der Waals surface area contributed by atoms with Crippen LogP contribution in [0.15, 0.2) is 95.9 Å². The van der Waals surface area contributed by atoms with Crippen LogP contribution in [-0.4, -0.2) is 74.0 Å². The molecule has 4 aromatic rings. The molecule has 3 aromatic carbocycles. The van der Waals surface area contributed by atoms with Gasteiger partial charge in [-0.25, -0.2) is 18.1 Å². The van der Waals surface area contributed by atoms with Gasteiger partial charge in [0.1, 0.15) is 39.8 Å². The van der Waals surface area contributed by atoms with Crippen LogP contribution in [0.1, 0.15) is 51.9 Å². The van der Waals surface area contributed by atoms with Crippen LogP contribution in [0, 0.1) is 5.92 Å². The molecule has 0 unspecified atom stereocenters. The van der Waals surface area contributed by atoms with E-state index >= 15 is 0 Å². The van der Waals surface area contributed by atoms with Crippen LogP contribution < -0.4 is 24.2 Å². The highest BCUT2D eigenvalue weighted by atomic mass is 32.2. The third-order valence-corrected chi connectivity index (χ3v) is 11.7. The molecule has 1 aromatic heterocycles. The molecular formula is C41H44N4O8S. The minimum absolute atomic E-state index is 0.127. The summed E-state index contributed by atoms with van der Waals surface area (Å²) in [5, 5.41) is 3.63. The Balaban J connectivity index is 1.14. The number of likely N-dealkylation sites (tertiary alicyclic amines) is 1. The Bertz CT molecular complexity index is 2190. The number of carbonyl (C=O) groups is 3. The standard InChI is InChI=1S/C41H44N4O8S/c1-27(46)45-26-31(53-37-24-33(28-14-8-7-9-15-28)42-34-22-30(51-2)19-20-32(34)37)23-35(45)39(47)43-41-25-29(41)16-10-5-3-4-6-13-21-52-36-17-11-12-18-38(36)54(49,50)44-40(41)48/h7-12,14-20,22,24,29,31,35H,3-6,13,21,23,25-26H2,1-2H3,(H,43,47)(H,44,48)/t29-,31-,35+,41-/m1/s1. The lowest BCUT2D eigenvalue weighted by Crippen LogP contribution is -2.56. The van der Waals surface area contributed by atoms with Crippen LogP contribution in [0.3, 0.4) is 0 Å². The molecule has 3 heterocycles. The predicted molar refractivity (Wildman–Crippen MR) is 202 cm³/mol. The molecule has 3 aliphatic rings. The third-order valence-electron chi connectivity index (χ3n) is 10.3. The molecule has 3 amide bonds. The minimum Gasteiger partial charge on any atom is -0.497 e. The van der Waals surface area contributed by atoms with Gasteiger partial charge in [-0.15, -0.1) is 0 Å². The third kappa shape index (κ3) is 7.77. The summed E-state index contributed by atoms with van der Waals surface area (Å²) in [5.41, 5.74) is 0.700. The lowest BCUT2D eigenvalue weighted by molar-refractivity contribution is -0.138. The Labute approximate surface area is 314 Å². The van der Waals surface area contributed by atoms with Crippen LogP contribution in [0.2, 0.25) is 0 Å². The lowest BCUT2D eigenvalue weighted by Gasteiger charge is -2.25. The number of allylic oxidation sites excluding steroid dienone is 1. The molecule has 282 valence electrons. The summed E-state index contributed by atoms with van der Waals surface area (Å²) in [4.78, 5) is 47.3. The molecule has 2 N–H and O–H groups in total. The van der Waals surface area contributed by atoms with Crippen molar-refractivity contribution in [1.29, 1.82) is 0 Å². The first-order valence-corrected chi connectivity index (χ1v) is 19.8. The first-order chi connectivity index (χ1) is 26.1. The molecule has 1 aliphatic carbocycles. The average molecular weight is 753 g/mol. The highest BCUT2D eigenvalue weighted by Gasteiger charge is 2.61. The van der Waals surface area contributed by atoms with Crippen molar-refractivity contribution in [3.8, 4) is 28.5 Å². The molecule has 7 rings (SSSR count). The molecule has 1 saturated heterocycles. The zero-order valence-electron chi connectivity index (χ0n) is 30.3. The quantitative estimate of drug-likeness (QED) is 0.241. The van der Waals surface area contributed by atoms with Gasteiger partial charge in [0.15, 0.2) is 0 Å². The summed E-state index contributed by atoms with van der Waals surface area (Å²) in [6, 6.07) is 22.3. The van der Waals surface area contributed by atoms with E-state index in [1.165, 1.54) is 17.9 Å². The van der Waals surface area contributed by atoms with E-state index in [1.54, 1.807) is 25.3 Å². The van der Waals surface area contributed by atoms with Crippen molar-refractivity contribution in [3.63, 3.8) is 0 Å². The van der Waals surface area contributed by atoms with Gasteiger partial charge >= 0.3 is 0 Å². The van der Waals surface area contributed by atoms with E-state index in [4.69, 9.17) is 19.2 Å². The Morgan fingerprint density at radius 3 is 2.57 bits per heavy atom. The Kier molecular flexibility index (Phi) is 10.6. The van der Waals surface area contributed by atoms with Crippen LogP contribution in [0.4, 0.5) is 0 Å². The summed E-state index contributed by atoms with van der Waals surface area (Å²) in [5.74, 6) is -0.854. The number of aromatic nitrogens is 1. The molecule has 0 spiro atoms. The lowest BCUT2D eigenvalue weighted by atomic mass is 10.1. The van der Waals surface area contributed by atoms with Crippen LogP contribution in [0.5, 0.6) is 17.2 Å². The molecule has 2 aliphatic heterocycles. The topological polar surface area (TPSA) is 153 Å². The van der Waals surface area contributed by atoms with E-state index in [0.717, 1.165) is 43.1 Å². The molecular weight excluding hydrogens is 709 g/mol. The number of nitrogens with zero attached hydrogens (tertiary/aromatic N) is 2. The fraction of sp³-hybridized carbons (Fsp3) is 0.366. The molecule has 0 radical (unpaired) electrons. The van der Waals surface area contributed by atoms with Gasteiger partial charge in [0.05, 0.1) is 31.5 Å². The first kappa shape index (κ1) is 36.9. The van der Waals surface area contributed by atoms with Gasteiger partial charge < -0.3 is 24.4 Å². The summed E-state index contributed by atoms with van der Waals surface area (Å²) >= 11 is 0. The fourth-order valence-electron chi connectivity index (χ4n) is 7.32. The maximum atomic E-state index is 14.2. The summed E-state index contributed by atoms with van der Waals surface area (Å²) in [6.45, 7) is 1.86. The van der Waals surface area contributed by atoms with Crippen LogP contribution in [0.25, 0.3) is 22.2 Å². The van der Waals surface area contributed by atoms with Crippen molar-refractivity contribution in [2.24, 2.45) is 5.92 Å². The number of benzene rings is 3. The van der Waals surface area contributed by atoms with Gasteiger partial charge in [0, 0.05) is 42.3 Å². The number of hydrogen-bond acceptors (Lipinski definition) is 9. The Morgan fingerprint density at radius 2 is 1.78 bits per heavy atom. The van der Waals surface area contributed by atoms with Crippen molar-refractivity contribution in [2.75, 3.05) is 20.3 Å². The van der Waals surface area contributed by atoms with Gasteiger partial charge in [-0.3, -0.25) is 14.4 Å². The van der Waals surface area contributed by atoms with Gasteiger partial charge in [-0.2, -0.15) is 0 Å². The normalized spacial score (nSPS) is 24.0. The zero-order chi connectivity index (χ0) is 37.9. The van der Waals surface area contributed by atoms with E-state index in [2.05, 4.69) is 10.0 Å². The summed E-state index contributed by atoms with van der Waals surface area (Å²) in [6.07, 6.45) is 8.06. The number of rotatable bonds is 6. The van der Waals surface area contributed by atoms with Gasteiger partial charge in [0.2, 0.25) is 11.8 Å². The van der Waals surface area contributed by atoms with Gasteiger partial charge in [-0.1, -0.05) is 67.5 Å². The Hall–Kier alpha value is -5.43. The maximum absolute atomic E-state index is 14.2. The highest BCUT2D eigenvalue weighted by molar-refractivity contribution is 7.90. The van der Waals surface area contributed by atoms with E-state index in [-0.39, 0.29) is 35.9 Å². The van der Waals surface area contributed by atoms with Crippen molar-refractivity contribution in [3.05, 3.63) is 91.0 Å². The molecule has 1 saturated carbocycles. The number of nitrogens with one attached hydrogen (secondary N) is 2. The number of sulfonamides is 1. The van der Waals surface area contributed by atoms with E-state index in [1.807, 2.05) is 66.7 Å². The highest BCUT2D eigenvalue weighted by Crippen LogP contribution is 2.46. The second-order valence-corrected chi connectivity index (χ2v) is 15.7. The number of methoxy groups -OCH3 is 1. The molecule has 2 fully saturated rings. The number of amides is 3. The largest absolute Gasteiger partial charge is 0.497 e. The van der Waals surface area contributed by atoms with E-state index in [0.29, 0.717) is 29.3 Å². The average Bonchev–Trinajstić information content (AvgIpc) is 3.69. The monoisotopic (exact) mass is 752 g/mol. The minimum atomic E-state index is -4.37. The van der Waals surface area contributed by atoms with Gasteiger partial charge in [0.25, 0.3) is 15.9 Å². The van der Waals surface area contributed by atoms with E-state index in [9.17, 15) is 22.8 Å². The van der Waals surface area contributed by atoms with Crippen LogP contribution in [-0.2, 0) is 24.4 Å². The van der Waals surface area contributed by atoms with E-state index < -0.39 is 45.4 Å². The molecule has 13 heteroatoms. The fourth-order valence-corrected chi connectivity index (χ4v) is 8.51. The van der Waals surface area contributed by atoms with Crippen LogP contribution >= 0.6 is 0 Å². The van der Waals surface area contributed by atoms with Crippen molar-refractivity contribution in [2.45, 2.75) is 74.4 Å².